The molecule has 0 aliphatic carbocycles. The van der Waals surface area contributed by atoms with Gasteiger partial charge in [-0.3, -0.25) is 4.79 Å². The highest BCUT2D eigenvalue weighted by Crippen LogP contribution is 2.14. The van der Waals surface area contributed by atoms with Gasteiger partial charge in [0, 0.05) is 0 Å². The third-order valence-electron chi connectivity index (χ3n) is 6.32. The fourth-order valence-corrected chi connectivity index (χ4v) is 4.44. The summed E-state index contributed by atoms with van der Waals surface area (Å²) in [6, 6.07) is 0. The van der Waals surface area contributed by atoms with Gasteiger partial charge in [-0.05, 0) is 32.5 Å². The molecule has 0 aromatic heterocycles. The molecule has 0 heterocycles. The van der Waals surface area contributed by atoms with Crippen molar-refractivity contribution in [3.8, 4) is 0 Å². The maximum Gasteiger partial charge on any atom is 0.308 e. The van der Waals surface area contributed by atoms with E-state index in [1.807, 2.05) is 6.92 Å². The number of hydrogen-bond acceptors (Lipinski definition) is 13. The molecule has 0 saturated carbocycles. The number of rotatable bonds is 39. The standard InChI is InChI=1S/C33H68O13Si/c1-6-8-9-32(7-2)33(34)45-30-28-43-26-24-41-22-20-39-18-16-37-14-12-35-10-11-36-13-15-38-17-19-40-21-23-42-25-27-44-29-31-46-47(3,4)5/h32H,6-31H2,1-5H3. The molecule has 1 unspecified atom stereocenters. The molecule has 0 spiro atoms. The minimum Gasteiger partial charge on any atom is -0.463 e. The Hall–Kier alpha value is -0.753. The second-order valence-corrected chi connectivity index (χ2v) is 16.0. The third kappa shape index (κ3) is 37.9. The number of hydrogen-bond donors (Lipinski definition) is 0. The van der Waals surface area contributed by atoms with Gasteiger partial charge in [0.15, 0.2) is 8.32 Å². The molecule has 0 saturated heterocycles. The van der Waals surface area contributed by atoms with Gasteiger partial charge in [-0.15, -0.1) is 0 Å². The fourth-order valence-electron chi connectivity index (χ4n) is 3.75. The summed E-state index contributed by atoms with van der Waals surface area (Å²) in [4.78, 5) is 12.0. The molecule has 14 heteroatoms. The summed E-state index contributed by atoms with van der Waals surface area (Å²) in [6.07, 6.45) is 3.84. The van der Waals surface area contributed by atoms with E-state index in [1.54, 1.807) is 0 Å². The zero-order valence-corrected chi connectivity index (χ0v) is 31.3. The van der Waals surface area contributed by atoms with Gasteiger partial charge in [0.1, 0.15) is 6.61 Å². The molecule has 0 N–H and O–H groups in total. The Morgan fingerprint density at radius 2 is 0.723 bits per heavy atom. The number of ether oxygens (including phenoxy) is 11. The van der Waals surface area contributed by atoms with Crippen molar-refractivity contribution in [3.63, 3.8) is 0 Å². The summed E-state index contributed by atoms with van der Waals surface area (Å²) in [7, 11) is -1.45. The van der Waals surface area contributed by atoms with Crippen LogP contribution in [-0.4, -0.2) is 160 Å². The highest BCUT2D eigenvalue weighted by Gasteiger charge is 2.17. The first-order valence-electron chi connectivity index (χ1n) is 17.5. The monoisotopic (exact) mass is 700 g/mol. The second kappa shape index (κ2) is 36.5. The summed E-state index contributed by atoms with van der Waals surface area (Å²) in [6.45, 7) is 21.7. The Bertz CT molecular complexity index is 640. The van der Waals surface area contributed by atoms with Crippen LogP contribution in [0, 0.1) is 5.92 Å². The van der Waals surface area contributed by atoms with Crippen molar-refractivity contribution in [2.24, 2.45) is 5.92 Å². The molecular weight excluding hydrogens is 632 g/mol. The van der Waals surface area contributed by atoms with Crippen LogP contribution in [0.3, 0.4) is 0 Å². The molecule has 0 aliphatic rings. The first kappa shape index (κ1) is 46.2. The van der Waals surface area contributed by atoms with Crippen molar-refractivity contribution in [2.45, 2.75) is 59.2 Å². The van der Waals surface area contributed by atoms with Gasteiger partial charge in [0.25, 0.3) is 0 Å². The van der Waals surface area contributed by atoms with E-state index in [9.17, 15) is 4.79 Å². The minimum absolute atomic E-state index is 0.00259. The zero-order chi connectivity index (χ0) is 34.5. The molecular formula is C33H68O13Si. The smallest absolute Gasteiger partial charge is 0.308 e. The minimum atomic E-state index is -1.45. The van der Waals surface area contributed by atoms with Crippen LogP contribution < -0.4 is 0 Å². The largest absolute Gasteiger partial charge is 0.463 e. The summed E-state index contributed by atoms with van der Waals surface area (Å²) < 4.78 is 65.8. The van der Waals surface area contributed by atoms with Crippen molar-refractivity contribution >= 4 is 14.3 Å². The van der Waals surface area contributed by atoms with E-state index in [1.165, 1.54) is 0 Å². The Balaban J connectivity index is 3.15. The Labute approximate surface area is 285 Å². The van der Waals surface area contributed by atoms with Crippen LogP contribution in [0.2, 0.25) is 19.6 Å². The van der Waals surface area contributed by atoms with E-state index >= 15 is 0 Å². The normalized spacial score (nSPS) is 12.5. The lowest BCUT2D eigenvalue weighted by Crippen LogP contribution is -2.27. The summed E-state index contributed by atoms with van der Waals surface area (Å²) in [5.41, 5.74) is 0. The van der Waals surface area contributed by atoms with Gasteiger partial charge in [-0.2, -0.15) is 0 Å². The molecule has 0 radical (unpaired) electrons. The highest BCUT2D eigenvalue weighted by atomic mass is 28.4. The highest BCUT2D eigenvalue weighted by molar-refractivity contribution is 6.69. The van der Waals surface area contributed by atoms with Crippen LogP contribution >= 0.6 is 0 Å². The van der Waals surface area contributed by atoms with Gasteiger partial charge in [-0.25, -0.2) is 0 Å². The summed E-state index contributed by atoms with van der Waals surface area (Å²) in [5, 5.41) is 0. The van der Waals surface area contributed by atoms with Crippen molar-refractivity contribution in [1.29, 1.82) is 0 Å². The second-order valence-electron chi connectivity index (χ2n) is 11.5. The van der Waals surface area contributed by atoms with E-state index in [0.29, 0.717) is 139 Å². The maximum atomic E-state index is 12.0. The molecule has 47 heavy (non-hydrogen) atoms. The average Bonchev–Trinajstić information content (AvgIpc) is 3.04. The van der Waals surface area contributed by atoms with E-state index in [2.05, 4.69) is 26.6 Å². The van der Waals surface area contributed by atoms with Crippen molar-refractivity contribution < 1.29 is 61.3 Å². The Morgan fingerprint density at radius 3 is 0.979 bits per heavy atom. The predicted octanol–water partition coefficient (Wildman–Crippen LogP) is 3.76. The van der Waals surface area contributed by atoms with Gasteiger partial charge >= 0.3 is 5.97 Å². The lowest BCUT2D eigenvalue weighted by molar-refractivity contribution is -0.150. The van der Waals surface area contributed by atoms with E-state index in [-0.39, 0.29) is 18.5 Å². The molecule has 0 aromatic carbocycles. The SMILES string of the molecule is CCCCC(CC)C(=O)OCCOCCOCCOCCOCCOCCOCCOCCOCCOCCOCCO[Si](C)(C)C. The first-order valence-corrected chi connectivity index (χ1v) is 20.9. The predicted molar refractivity (Wildman–Crippen MR) is 182 cm³/mol. The lowest BCUT2D eigenvalue weighted by atomic mass is 10.00. The molecule has 0 aromatic rings. The van der Waals surface area contributed by atoms with E-state index in [0.717, 1.165) is 25.7 Å². The van der Waals surface area contributed by atoms with Crippen molar-refractivity contribution in [3.05, 3.63) is 0 Å². The molecule has 0 aliphatic heterocycles. The molecule has 282 valence electrons. The molecule has 13 nitrogen and oxygen atoms in total. The molecule has 0 rings (SSSR count). The number of unbranched alkanes of at least 4 members (excludes halogenated alkanes) is 1. The van der Waals surface area contributed by atoms with Gasteiger partial charge < -0.3 is 56.5 Å². The third-order valence-corrected chi connectivity index (χ3v) is 7.39. The number of esters is 1. The first-order chi connectivity index (χ1) is 22.9. The van der Waals surface area contributed by atoms with E-state index < -0.39 is 8.32 Å². The van der Waals surface area contributed by atoms with Crippen LogP contribution in [0.25, 0.3) is 0 Å². The average molecular weight is 701 g/mol. The van der Waals surface area contributed by atoms with E-state index in [4.69, 9.17) is 56.5 Å². The molecule has 1 atom stereocenters. The summed E-state index contributed by atoms with van der Waals surface area (Å²) >= 11 is 0. The quantitative estimate of drug-likeness (QED) is 0.0525. The Kier molecular flexibility index (Phi) is 35.9. The van der Waals surface area contributed by atoms with Crippen molar-refractivity contribution in [1.82, 2.24) is 0 Å². The maximum absolute atomic E-state index is 12.0. The topological polar surface area (TPSA) is 128 Å². The summed E-state index contributed by atoms with van der Waals surface area (Å²) in [5.74, 6) is -0.122. The van der Waals surface area contributed by atoms with Crippen LogP contribution in [0.4, 0.5) is 0 Å². The molecule has 0 bridgehead atoms. The molecule has 0 fully saturated rings. The zero-order valence-electron chi connectivity index (χ0n) is 30.3. The number of carbonyl (C=O) groups excluding carboxylic acids is 1. The van der Waals surface area contributed by atoms with Gasteiger partial charge in [-0.1, -0.05) is 26.7 Å². The fraction of sp³-hybridized carbons (Fsp3) is 0.970. The Morgan fingerprint density at radius 1 is 0.447 bits per heavy atom. The van der Waals surface area contributed by atoms with Crippen LogP contribution in [-0.2, 0) is 61.3 Å². The lowest BCUT2D eigenvalue weighted by Gasteiger charge is -2.16. The van der Waals surface area contributed by atoms with Crippen LogP contribution in [0.5, 0.6) is 0 Å². The van der Waals surface area contributed by atoms with Crippen LogP contribution in [0.15, 0.2) is 0 Å². The van der Waals surface area contributed by atoms with Crippen LogP contribution in [0.1, 0.15) is 39.5 Å². The number of carbonyl (C=O) groups is 1. The van der Waals surface area contributed by atoms with Crippen molar-refractivity contribution in [2.75, 3.05) is 145 Å². The van der Waals surface area contributed by atoms with Gasteiger partial charge in [0.2, 0.25) is 0 Å². The molecule has 0 amide bonds. The van der Waals surface area contributed by atoms with Gasteiger partial charge in [0.05, 0.1) is 145 Å².